The molecule has 0 bridgehead atoms. The smallest absolute Gasteiger partial charge is 0.339 e. The molecule has 2 aromatic heterocycles. The number of nitrogen functional groups attached to an aromatic ring is 1. The van der Waals surface area contributed by atoms with Crippen molar-refractivity contribution < 1.29 is 14.3 Å². The number of pyridine rings is 1. The van der Waals surface area contributed by atoms with Crippen LogP contribution in [0.2, 0.25) is 5.02 Å². The molecule has 0 aliphatic rings. The van der Waals surface area contributed by atoms with E-state index in [1.54, 1.807) is 31.2 Å². The average molecular weight is 390 g/mol. The number of aromatic nitrogens is 1. The molecule has 0 spiro atoms. The number of nitrogens with one attached hydrogen (secondary N) is 1. The molecule has 0 aliphatic carbocycles. The van der Waals surface area contributed by atoms with Crippen molar-refractivity contribution in [2.24, 2.45) is 0 Å². The van der Waals surface area contributed by atoms with Crippen molar-refractivity contribution in [3.63, 3.8) is 0 Å². The lowest BCUT2D eigenvalue weighted by Crippen LogP contribution is -2.15. The fourth-order valence-electron chi connectivity index (χ4n) is 2.68. The summed E-state index contributed by atoms with van der Waals surface area (Å²) in [6, 6.07) is 6.60. The van der Waals surface area contributed by atoms with Crippen LogP contribution < -0.4 is 11.1 Å². The van der Waals surface area contributed by atoms with E-state index in [-0.39, 0.29) is 5.56 Å². The van der Waals surface area contributed by atoms with E-state index in [9.17, 15) is 9.59 Å². The van der Waals surface area contributed by atoms with Gasteiger partial charge in [0.25, 0.3) is 5.91 Å². The summed E-state index contributed by atoms with van der Waals surface area (Å²) in [5.41, 5.74) is 8.60. The molecule has 26 heavy (non-hydrogen) atoms. The number of carbonyl (C=O) groups excluding carboxylic acids is 2. The van der Waals surface area contributed by atoms with Crippen LogP contribution in [0.1, 0.15) is 31.3 Å². The first kappa shape index (κ1) is 18.2. The molecule has 6 nitrogen and oxygen atoms in total. The van der Waals surface area contributed by atoms with Crippen molar-refractivity contribution in [2.45, 2.75) is 13.8 Å². The molecule has 8 heteroatoms. The number of nitrogens with two attached hydrogens (primary N) is 1. The van der Waals surface area contributed by atoms with Gasteiger partial charge in [0.15, 0.2) is 0 Å². The molecule has 0 radical (unpaired) electrons. The molecule has 0 atom stereocenters. The number of benzene rings is 1. The quantitative estimate of drug-likeness (QED) is 0.655. The lowest BCUT2D eigenvalue weighted by atomic mass is 10.1. The van der Waals surface area contributed by atoms with Gasteiger partial charge in [-0.25, -0.2) is 9.78 Å². The van der Waals surface area contributed by atoms with Gasteiger partial charge in [0.2, 0.25) is 0 Å². The molecule has 0 unspecified atom stereocenters. The van der Waals surface area contributed by atoms with E-state index < -0.39 is 11.9 Å². The predicted molar refractivity (Wildman–Crippen MR) is 104 cm³/mol. The Morgan fingerprint density at radius 1 is 1.27 bits per heavy atom. The molecule has 3 rings (SSSR count). The maximum absolute atomic E-state index is 12.8. The monoisotopic (exact) mass is 389 g/mol. The van der Waals surface area contributed by atoms with Crippen LogP contribution in [-0.2, 0) is 4.74 Å². The van der Waals surface area contributed by atoms with Gasteiger partial charge in [-0.05, 0) is 31.5 Å². The van der Waals surface area contributed by atoms with Crippen molar-refractivity contribution in [3.8, 4) is 0 Å². The number of thiophene rings is 1. The fraction of sp³-hybridized carbons (Fsp3) is 0.167. The summed E-state index contributed by atoms with van der Waals surface area (Å²) >= 11 is 7.44. The SMILES string of the molecule is COC(=O)c1ccccc1NC(=O)c1sc2nc(C)c(Cl)c(C)c2c1N. The summed E-state index contributed by atoms with van der Waals surface area (Å²) in [6.45, 7) is 3.65. The van der Waals surface area contributed by atoms with E-state index in [1.807, 2.05) is 6.92 Å². The number of methoxy groups -OCH3 is 1. The number of fused-ring (bicyclic) bond motifs is 1. The second-order valence-electron chi connectivity index (χ2n) is 5.65. The molecular weight excluding hydrogens is 374 g/mol. The van der Waals surface area contributed by atoms with E-state index in [4.69, 9.17) is 22.1 Å². The van der Waals surface area contributed by atoms with Crippen LogP contribution in [0.15, 0.2) is 24.3 Å². The zero-order valence-corrected chi connectivity index (χ0v) is 15.9. The molecule has 3 N–H and O–H groups in total. The number of nitrogens with zero attached hydrogens (tertiary/aromatic N) is 1. The van der Waals surface area contributed by atoms with Gasteiger partial charge < -0.3 is 15.8 Å². The van der Waals surface area contributed by atoms with Crippen molar-refractivity contribution in [2.75, 3.05) is 18.2 Å². The van der Waals surface area contributed by atoms with E-state index in [2.05, 4.69) is 10.3 Å². The number of amides is 1. The molecule has 134 valence electrons. The molecule has 0 fully saturated rings. The maximum atomic E-state index is 12.8. The summed E-state index contributed by atoms with van der Waals surface area (Å²) in [5.74, 6) is -0.958. The van der Waals surface area contributed by atoms with Crippen molar-refractivity contribution >= 4 is 56.4 Å². The molecule has 0 saturated carbocycles. The lowest BCUT2D eigenvalue weighted by Gasteiger charge is -2.09. The van der Waals surface area contributed by atoms with Crippen molar-refractivity contribution in [1.29, 1.82) is 0 Å². The number of hydrogen-bond donors (Lipinski definition) is 2. The minimum atomic E-state index is -0.537. The Kier molecular flexibility index (Phi) is 4.84. The zero-order chi connectivity index (χ0) is 19.0. The Bertz CT molecular complexity index is 1050. The van der Waals surface area contributed by atoms with Gasteiger partial charge in [-0.1, -0.05) is 23.7 Å². The first-order valence-corrected chi connectivity index (χ1v) is 8.88. The number of aryl methyl sites for hydroxylation is 2. The number of rotatable bonds is 3. The van der Waals surface area contributed by atoms with Gasteiger partial charge in [-0.15, -0.1) is 11.3 Å². The number of halogens is 1. The normalized spacial score (nSPS) is 10.8. The Labute approximate surface area is 158 Å². The molecule has 2 heterocycles. The van der Waals surface area contributed by atoms with Crippen LogP contribution in [0.5, 0.6) is 0 Å². The second-order valence-corrected chi connectivity index (χ2v) is 7.03. The highest BCUT2D eigenvalue weighted by Crippen LogP contribution is 2.38. The van der Waals surface area contributed by atoms with Gasteiger partial charge in [0.05, 0.1) is 34.8 Å². The Morgan fingerprint density at radius 3 is 2.65 bits per heavy atom. The molecule has 0 saturated heterocycles. The topological polar surface area (TPSA) is 94.3 Å². The maximum Gasteiger partial charge on any atom is 0.339 e. The van der Waals surface area contributed by atoms with Crippen LogP contribution in [-0.4, -0.2) is 24.0 Å². The summed E-state index contributed by atoms with van der Waals surface area (Å²) in [4.78, 5) is 30.0. The minimum Gasteiger partial charge on any atom is -0.465 e. The third-order valence-electron chi connectivity index (χ3n) is 4.00. The average Bonchev–Trinajstić information content (AvgIpc) is 2.96. The number of para-hydroxylation sites is 1. The Balaban J connectivity index is 2.04. The predicted octanol–water partition coefficient (Wildman–Crippen LogP) is 4.19. The first-order chi connectivity index (χ1) is 12.3. The van der Waals surface area contributed by atoms with E-state index >= 15 is 0 Å². The minimum absolute atomic E-state index is 0.260. The number of hydrogen-bond acceptors (Lipinski definition) is 6. The largest absolute Gasteiger partial charge is 0.465 e. The van der Waals surface area contributed by atoms with E-state index in [0.717, 1.165) is 5.56 Å². The highest BCUT2D eigenvalue weighted by Gasteiger charge is 2.22. The zero-order valence-electron chi connectivity index (χ0n) is 14.3. The molecular formula is C18H16ClN3O3S. The molecule has 1 amide bonds. The molecule has 3 aromatic rings. The summed E-state index contributed by atoms with van der Waals surface area (Å²) in [7, 11) is 1.28. The number of anilines is 2. The highest BCUT2D eigenvalue weighted by atomic mass is 35.5. The Hall–Kier alpha value is -2.64. The molecule has 0 aliphatic heterocycles. The fourth-order valence-corrected chi connectivity index (χ4v) is 3.92. The van der Waals surface area contributed by atoms with Crippen molar-refractivity contribution in [3.05, 3.63) is 51.0 Å². The standard InChI is InChI=1S/C18H16ClN3O3S/c1-8-12-14(20)15(26-17(12)21-9(2)13(8)19)16(23)22-11-7-5-4-6-10(11)18(24)25-3/h4-7H,20H2,1-3H3,(H,22,23). The van der Waals surface area contributed by atoms with Crippen LogP contribution in [0.3, 0.4) is 0 Å². The number of ether oxygens (including phenoxy) is 1. The second kappa shape index (κ2) is 6.93. The summed E-state index contributed by atoms with van der Waals surface area (Å²) in [6.07, 6.45) is 0. The van der Waals surface area contributed by atoms with Crippen LogP contribution in [0.25, 0.3) is 10.2 Å². The summed E-state index contributed by atoms with van der Waals surface area (Å²) < 4.78 is 4.74. The number of esters is 1. The van der Waals surface area contributed by atoms with E-state index in [1.165, 1.54) is 18.4 Å². The third kappa shape index (κ3) is 3.00. The van der Waals surface area contributed by atoms with Gasteiger partial charge in [-0.3, -0.25) is 4.79 Å². The van der Waals surface area contributed by atoms with Gasteiger partial charge in [0, 0.05) is 5.39 Å². The van der Waals surface area contributed by atoms with Gasteiger partial charge in [0.1, 0.15) is 9.71 Å². The van der Waals surface area contributed by atoms with Gasteiger partial charge in [-0.2, -0.15) is 0 Å². The first-order valence-electron chi connectivity index (χ1n) is 7.68. The Morgan fingerprint density at radius 2 is 1.96 bits per heavy atom. The number of carbonyl (C=O) groups is 2. The summed E-state index contributed by atoms with van der Waals surface area (Å²) in [5, 5.41) is 3.93. The van der Waals surface area contributed by atoms with Crippen LogP contribution in [0, 0.1) is 13.8 Å². The highest BCUT2D eigenvalue weighted by molar-refractivity contribution is 7.21. The molecule has 1 aromatic carbocycles. The van der Waals surface area contributed by atoms with Crippen LogP contribution >= 0.6 is 22.9 Å². The van der Waals surface area contributed by atoms with Gasteiger partial charge >= 0.3 is 5.97 Å². The third-order valence-corrected chi connectivity index (χ3v) is 5.66. The van der Waals surface area contributed by atoms with Crippen molar-refractivity contribution in [1.82, 2.24) is 4.98 Å². The van der Waals surface area contributed by atoms with E-state index in [0.29, 0.717) is 37.2 Å². The van der Waals surface area contributed by atoms with Crippen LogP contribution in [0.4, 0.5) is 11.4 Å². The lowest BCUT2D eigenvalue weighted by molar-refractivity contribution is 0.0602.